The fourth-order valence-corrected chi connectivity index (χ4v) is 5.49. The molecule has 0 saturated heterocycles. The number of hydrogen-bond donors (Lipinski definition) is 0. The first kappa shape index (κ1) is 19.6. The van der Waals surface area contributed by atoms with Gasteiger partial charge in [-0.3, -0.25) is 0 Å². The summed E-state index contributed by atoms with van der Waals surface area (Å²) >= 11 is 2.98. The summed E-state index contributed by atoms with van der Waals surface area (Å²) in [4.78, 5) is 5.21. The molecular formula is C25H16FN3S2. The second-order valence-electron chi connectivity index (χ2n) is 7.03. The van der Waals surface area contributed by atoms with Crippen molar-refractivity contribution in [3.63, 3.8) is 0 Å². The molecule has 0 amide bonds. The minimum atomic E-state index is -0.240. The van der Waals surface area contributed by atoms with Gasteiger partial charge in [0, 0.05) is 29.2 Å². The van der Waals surface area contributed by atoms with Crippen LogP contribution in [0.2, 0.25) is 0 Å². The van der Waals surface area contributed by atoms with Gasteiger partial charge >= 0.3 is 0 Å². The first-order chi connectivity index (χ1) is 15.2. The van der Waals surface area contributed by atoms with E-state index in [1.807, 2.05) is 48.7 Å². The van der Waals surface area contributed by atoms with Crippen LogP contribution in [0.3, 0.4) is 0 Å². The van der Waals surface area contributed by atoms with Crippen molar-refractivity contribution in [2.45, 2.75) is 10.9 Å². The molecule has 0 saturated carbocycles. The lowest BCUT2D eigenvalue weighted by Gasteiger charge is -2.05. The highest BCUT2D eigenvalue weighted by Crippen LogP contribution is 2.35. The number of hydrogen-bond acceptors (Lipinski definition) is 4. The normalized spacial score (nSPS) is 11.8. The van der Waals surface area contributed by atoms with Crippen molar-refractivity contribution in [2.24, 2.45) is 0 Å². The molecule has 2 aromatic heterocycles. The van der Waals surface area contributed by atoms with Gasteiger partial charge in [0.25, 0.3) is 0 Å². The molecule has 0 atom stereocenters. The molecule has 0 aliphatic heterocycles. The molecule has 0 fully saturated rings. The summed E-state index contributed by atoms with van der Waals surface area (Å²) in [5.41, 5.74) is 4.01. The van der Waals surface area contributed by atoms with Crippen molar-refractivity contribution in [3.8, 4) is 6.07 Å². The zero-order valence-corrected chi connectivity index (χ0v) is 18.0. The molecule has 0 bridgehead atoms. The fourth-order valence-electron chi connectivity index (χ4n) is 3.52. The van der Waals surface area contributed by atoms with E-state index in [4.69, 9.17) is 0 Å². The van der Waals surface area contributed by atoms with Crippen molar-refractivity contribution in [1.29, 1.82) is 5.26 Å². The molecule has 2 heterocycles. The first-order valence-corrected chi connectivity index (χ1v) is 11.3. The molecule has 3 aromatic carbocycles. The number of rotatable bonds is 5. The third-order valence-electron chi connectivity index (χ3n) is 4.95. The number of para-hydroxylation sites is 2. The molecule has 0 N–H and O–H groups in total. The molecular weight excluding hydrogens is 425 g/mol. The molecule has 0 unspecified atom stereocenters. The Bertz CT molecular complexity index is 1420. The van der Waals surface area contributed by atoms with Gasteiger partial charge in [-0.25, -0.2) is 9.37 Å². The Morgan fingerprint density at radius 1 is 1.06 bits per heavy atom. The minimum absolute atomic E-state index is 0.240. The van der Waals surface area contributed by atoms with Crippen molar-refractivity contribution >= 4 is 50.3 Å². The highest BCUT2D eigenvalue weighted by atomic mass is 32.2. The van der Waals surface area contributed by atoms with Crippen LogP contribution in [0.5, 0.6) is 0 Å². The van der Waals surface area contributed by atoms with E-state index in [1.54, 1.807) is 23.5 Å². The van der Waals surface area contributed by atoms with Crippen molar-refractivity contribution < 1.29 is 4.39 Å². The van der Waals surface area contributed by atoms with Crippen LogP contribution in [-0.2, 0) is 6.54 Å². The number of aromatic nitrogens is 2. The number of nitriles is 1. The topological polar surface area (TPSA) is 41.6 Å². The van der Waals surface area contributed by atoms with E-state index in [2.05, 4.69) is 27.8 Å². The van der Waals surface area contributed by atoms with Crippen LogP contribution < -0.4 is 0 Å². The molecule has 150 valence electrons. The molecule has 3 nitrogen and oxygen atoms in total. The van der Waals surface area contributed by atoms with E-state index in [0.717, 1.165) is 36.6 Å². The Labute approximate surface area is 187 Å². The quantitative estimate of drug-likeness (QED) is 0.216. The summed E-state index contributed by atoms with van der Waals surface area (Å²) < 4.78 is 17.4. The highest BCUT2D eigenvalue weighted by Gasteiger charge is 2.11. The second kappa shape index (κ2) is 8.38. The smallest absolute Gasteiger partial charge is 0.156 e. The van der Waals surface area contributed by atoms with Gasteiger partial charge in [0.2, 0.25) is 0 Å². The third kappa shape index (κ3) is 4.11. The standard InChI is InChI=1S/C25H16FN3S2/c26-19-11-9-17(10-12-19)15-29-16-18(21-5-1-3-7-23(21)29)13-20(14-27)30-25-28-22-6-2-4-8-24(22)31-25/h1-13,16H,15H2/b20-13+. The monoisotopic (exact) mass is 441 g/mol. The molecule has 0 spiro atoms. The maximum Gasteiger partial charge on any atom is 0.156 e. The number of thioether (sulfide) groups is 1. The van der Waals surface area contributed by atoms with Gasteiger partial charge in [0.05, 0.1) is 15.1 Å². The van der Waals surface area contributed by atoms with Crippen molar-refractivity contribution in [1.82, 2.24) is 9.55 Å². The molecule has 5 aromatic rings. The molecule has 5 rings (SSSR count). The van der Waals surface area contributed by atoms with Crippen LogP contribution in [-0.4, -0.2) is 9.55 Å². The van der Waals surface area contributed by atoms with Gasteiger partial charge in [-0.05, 0) is 53.7 Å². The Morgan fingerprint density at radius 2 is 1.84 bits per heavy atom. The van der Waals surface area contributed by atoms with Crippen molar-refractivity contribution in [3.05, 3.63) is 101 Å². The van der Waals surface area contributed by atoms with E-state index < -0.39 is 0 Å². The molecule has 0 radical (unpaired) electrons. The van der Waals surface area contributed by atoms with Crippen LogP contribution in [0.4, 0.5) is 4.39 Å². The number of fused-ring (bicyclic) bond motifs is 2. The van der Waals surface area contributed by atoms with E-state index in [0.29, 0.717) is 11.4 Å². The largest absolute Gasteiger partial charge is 0.342 e. The first-order valence-electron chi connectivity index (χ1n) is 9.67. The maximum atomic E-state index is 13.3. The Morgan fingerprint density at radius 3 is 2.65 bits per heavy atom. The summed E-state index contributed by atoms with van der Waals surface area (Å²) in [6.07, 6.45) is 3.96. The number of halogens is 1. The van der Waals surface area contributed by atoms with E-state index in [9.17, 15) is 9.65 Å². The summed E-state index contributed by atoms with van der Waals surface area (Å²) in [7, 11) is 0. The summed E-state index contributed by atoms with van der Waals surface area (Å²) in [5, 5.41) is 10.8. The van der Waals surface area contributed by atoms with Crippen LogP contribution >= 0.6 is 23.1 Å². The predicted octanol–water partition coefficient (Wildman–Crippen LogP) is 7.10. The Balaban J connectivity index is 1.50. The average Bonchev–Trinajstić information content (AvgIpc) is 3.36. The number of nitrogens with zero attached hydrogens (tertiary/aromatic N) is 3. The van der Waals surface area contributed by atoms with Gasteiger partial charge in [-0.15, -0.1) is 11.3 Å². The van der Waals surface area contributed by atoms with Crippen LogP contribution in [0.1, 0.15) is 11.1 Å². The lowest BCUT2D eigenvalue weighted by Crippen LogP contribution is -1.97. The number of benzene rings is 3. The Kier molecular flexibility index (Phi) is 5.29. The van der Waals surface area contributed by atoms with Crippen molar-refractivity contribution in [2.75, 3.05) is 0 Å². The minimum Gasteiger partial charge on any atom is -0.342 e. The van der Waals surface area contributed by atoms with Gasteiger partial charge in [0.1, 0.15) is 11.9 Å². The van der Waals surface area contributed by atoms with E-state index in [1.165, 1.54) is 23.9 Å². The lowest BCUT2D eigenvalue weighted by atomic mass is 10.1. The molecule has 0 aliphatic rings. The lowest BCUT2D eigenvalue weighted by molar-refractivity contribution is 0.626. The SMILES string of the molecule is N#C/C(=C\c1cn(Cc2ccc(F)cc2)c2ccccc12)Sc1nc2ccccc2s1. The third-order valence-corrected chi connectivity index (χ3v) is 6.98. The van der Waals surface area contributed by atoms with Gasteiger partial charge in [0.15, 0.2) is 4.34 Å². The van der Waals surface area contributed by atoms with E-state index in [-0.39, 0.29) is 5.82 Å². The molecule has 6 heteroatoms. The number of thiazole rings is 1. The second-order valence-corrected chi connectivity index (χ2v) is 9.35. The summed E-state index contributed by atoms with van der Waals surface area (Å²) in [6.45, 7) is 0.627. The van der Waals surface area contributed by atoms with Gasteiger partial charge in [-0.2, -0.15) is 5.26 Å². The van der Waals surface area contributed by atoms with Gasteiger partial charge in [-0.1, -0.05) is 42.5 Å². The zero-order valence-electron chi connectivity index (χ0n) is 16.3. The van der Waals surface area contributed by atoms with E-state index >= 15 is 0 Å². The van der Waals surface area contributed by atoms with Crippen LogP contribution in [0, 0.1) is 17.1 Å². The predicted molar refractivity (Wildman–Crippen MR) is 127 cm³/mol. The average molecular weight is 442 g/mol. The van der Waals surface area contributed by atoms with Crippen LogP contribution in [0.25, 0.3) is 27.2 Å². The Hall–Kier alpha value is -3.40. The van der Waals surface area contributed by atoms with Gasteiger partial charge < -0.3 is 4.57 Å². The summed E-state index contributed by atoms with van der Waals surface area (Å²) in [6, 6.07) is 24.9. The fraction of sp³-hybridized carbons (Fsp3) is 0.0400. The summed E-state index contributed by atoms with van der Waals surface area (Å²) in [5.74, 6) is -0.240. The molecule has 31 heavy (non-hydrogen) atoms. The van der Waals surface area contributed by atoms with Crippen LogP contribution in [0.15, 0.2) is 88.2 Å². The molecule has 0 aliphatic carbocycles. The zero-order chi connectivity index (χ0) is 21.2. The number of allylic oxidation sites excluding steroid dienone is 1. The maximum absolute atomic E-state index is 13.3. The highest BCUT2D eigenvalue weighted by molar-refractivity contribution is 8.05.